The van der Waals surface area contributed by atoms with Crippen LogP contribution < -0.4 is 10.6 Å². The molecule has 2 saturated heterocycles. The number of H-pyrrole nitrogens is 2. The summed E-state index contributed by atoms with van der Waals surface area (Å²) in [5.74, 6) is -0.0338. The summed E-state index contributed by atoms with van der Waals surface area (Å²) >= 11 is 0. The third-order valence-electron chi connectivity index (χ3n) is 10.9. The van der Waals surface area contributed by atoms with Crippen LogP contribution in [-0.2, 0) is 19.1 Å². The van der Waals surface area contributed by atoms with Crippen LogP contribution in [0.3, 0.4) is 0 Å². The molecule has 2 aliphatic rings. The zero-order valence-electron chi connectivity index (χ0n) is 34.1. The van der Waals surface area contributed by atoms with Gasteiger partial charge in [-0.05, 0) is 58.0 Å². The Morgan fingerprint density at radius 2 is 1.02 bits per heavy atom. The van der Waals surface area contributed by atoms with Gasteiger partial charge in [-0.15, -0.1) is 0 Å². The van der Waals surface area contributed by atoms with E-state index in [1.54, 1.807) is 22.2 Å². The van der Waals surface area contributed by atoms with E-state index in [0.717, 1.165) is 33.6 Å². The molecule has 20 heteroatoms. The molecule has 0 aliphatic carbocycles. The molecule has 4 heterocycles. The van der Waals surface area contributed by atoms with Crippen LogP contribution in [0.1, 0.15) is 64.3 Å². The van der Waals surface area contributed by atoms with Gasteiger partial charge in [-0.2, -0.15) is 0 Å². The Kier molecular flexibility index (Phi) is 13.3. The van der Waals surface area contributed by atoms with Gasteiger partial charge in [0.15, 0.2) is 0 Å². The summed E-state index contributed by atoms with van der Waals surface area (Å²) in [6.07, 6.45) is 2.71. The summed E-state index contributed by atoms with van der Waals surface area (Å²) in [4.78, 5) is 76.7. The Balaban J connectivity index is 1.16. The summed E-state index contributed by atoms with van der Waals surface area (Å²) < 4.78 is 9.48. The van der Waals surface area contributed by atoms with Crippen LogP contribution in [0.2, 0.25) is 0 Å². The molecule has 314 valence electrons. The van der Waals surface area contributed by atoms with Crippen LogP contribution in [0, 0.1) is 11.8 Å². The molecular formula is C40H48N14O6. The van der Waals surface area contributed by atoms with Gasteiger partial charge in [-0.3, -0.25) is 9.59 Å². The highest BCUT2D eigenvalue weighted by Crippen LogP contribution is 2.37. The Bertz CT molecular complexity index is 2120. The Hall–Kier alpha value is -7.04. The molecule has 2 unspecified atom stereocenters. The maximum Gasteiger partial charge on any atom is 0.407 e. The molecule has 6 rings (SSSR count). The average molecular weight is 821 g/mol. The van der Waals surface area contributed by atoms with Gasteiger partial charge in [0, 0.05) is 22.9 Å². The van der Waals surface area contributed by atoms with E-state index in [4.69, 9.17) is 20.5 Å². The molecule has 0 radical (unpaired) electrons. The zero-order chi connectivity index (χ0) is 43.1. The van der Waals surface area contributed by atoms with Gasteiger partial charge in [0.25, 0.3) is 0 Å². The smallest absolute Gasteiger partial charge is 0.407 e. The van der Waals surface area contributed by atoms with Crippen LogP contribution in [0.4, 0.5) is 9.59 Å². The predicted octanol–water partition coefficient (Wildman–Crippen LogP) is 6.80. The molecule has 6 atom stereocenters. The number of methoxy groups -OCH3 is 2. The van der Waals surface area contributed by atoms with Gasteiger partial charge in [0.2, 0.25) is 11.8 Å². The fourth-order valence-corrected chi connectivity index (χ4v) is 7.69. The quantitative estimate of drug-likeness (QED) is 0.0631. The number of benzene rings is 2. The molecule has 60 heavy (non-hydrogen) atoms. The molecule has 2 aromatic carbocycles. The number of nitrogens with one attached hydrogen (secondary N) is 4. The number of hydrogen-bond acceptors (Lipinski definition) is 10. The molecule has 2 aromatic heterocycles. The summed E-state index contributed by atoms with van der Waals surface area (Å²) in [5.41, 5.74) is 23.4. The average Bonchev–Trinajstić information content (AvgIpc) is 4.08. The molecular weight excluding hydrogens is 773 g/mol. The van der Waals surface area contributed by atoms with E-state index in [2.05, 4.69) is 50.6 Å². The minimum Gasteiger partial charge on any atom is -0.453 e. The van der Waals surface area contributed by atoms with Gasteiger partial charge in [-0.25, -0.2) is 19.6 Å². The third kappa shape index (κ3) is 9.30. The van der Waals surface area contributed by atoms with Crippen molar-refractivity contribution in [1.29, 1.82) is 0 Å². The van der Waals surface area contributed by atoms with E-state index in [1.807, 2.05) is 76.2 Å². The van der Waals surface area contributed by atoms with Crippen molar-refractivity contribution in [2.24, 2.45) is 22.1 Å². The first-order chi connectivity index (χ1) is 28.8. The van der Waals surface area contributed by atoms with E-state index in [-0.39, 0.29) is 36.7 Å². The fraction of sp³-hybridized carbons (Fsp3) is 0.450. The minimum atomic E-state index is -0.848. The Labute approximate surface area is 345 Å². The molecule has 4 N–H and O–H groups in total. The summed E-state index contributed by atoms with van der Waals surface area (Å²) in [6, 6.07) is 12.3. The van der Waals surface area contributed by atoms with Crippen LogP contribution in [0.15, 0.2) is 71.2 Å². The number of aromatic nitrogens is 4. The van der Waals surface area contributed by atoms with Crippen molar-refractivity contribution in [2.45, 2.75) is 76.8 Å². The number of alkyl carbamates (subject to hydrolysis) is 2. The molecule has 0 spiro atoms. The molecule has 2 fully saturated rings. The maximum absolute atomic E-state index is 13.8. The van der Waals surface area contributed by atoms with E-state index >= 15 is 0 Å². The number of nitrogens with zero attached hydrogens (tertiary/aromatic N) is 10. The number of ether oxygens (including phenoxy) is 2. The highest BCUT2D eigenvalue weighted by atomic mass is 16.5. The lowest BCUT2D eigenvalue weighted by atomic mass is 10.0. The lowest BCUT2D eigenvalue weighted by Crippen LogP contribution is -2.51. The van der Waals surface area contributed by atoms with Crippen molar-refractivity contribution in [1.82, 2.24) is 40.4 Å². The van der Waals surface area contributed by atoms with Crippen molar-refractivity contribution < 1.29 is 28.7 Å². The highest BCUT2D eigenvalue weighted by molar-refractivity contribution is 5.87. The monoisotopic (exact) mass is 820 g/mol. The number of carbonyl (C=O) groups is 4. The summed E-state index contributed by atoms with van der Waals surface area (Å²) in [5, 5.41) is 13.0. The van der Waals surface area contributed by atoms with Gasteiger partial charge in [0.1, 0.15) is 23.7 Å². The number of hydrogen-bond donors (Lipinski definition) is 4. The van der Waals surface area contributed by atoms with Crippen molar-refractivity contribution in [3.05, 3.63) is 93.5 Å². The van der Waals surface area contributed by atoms with Gasteiger partial charge < -0.3 is 39.9 Å². The number of amides is 4. The lowest BCUT2D eigenvalue weighted by Gasteiger charge is -2.30. The maximum atomic E-state index is 13.8. The Morgan fingerprint density at radius 1 is 0.667 bits per heavy atom. The number of likely N-dealkylation sites (tertiary alicyclic amines) is 2. The van der Waals surface area contributed by atoms with Gasteiger partial charge in [-0.1, -0.05) is 86.5 Å². The fourth-order valence-electron chi connectivity index (χ4n) is 7.69. The second-order valence-corrected chi connectivity index (χ2v) is 15.4. The van der Waals surface area contributed by atoms with Crippen molar-refractivity contribution >= 4 is 24.0 Å². The molecule has 0 bridgehead atoms. The number of carbonyl (C=O) groups excluding carboxylic acids is 4. The van der Waals surface area contributed by atoms with E-state index in [1.165, 1.54) is 14.2 Å². The minimum absolute atomic E-state index is 0.181. The summed E-state index contributed by atoms with van der Waals surface area (Å²) in [6.45, 7) is 7.66. The third-order valence-corrected chi connectivity index (χ3v) is 10.9. The first-order valence-corrected chi connectivity index (χ1v) is 19.5. The van der Waals surface area contributed by atoms with Crippen molar-refractivity contribution in [3.8, 4) is 33.6 Å². The zero-order valence-corrected chi connectivity index (χ0v) is 34.1. The number of aromatic amines is 2. The first-order valence-electron chi connectivity index (χ1n) is 19.5. The largest absolute Gasteiger partial charge is 0.453 e. The van der Waals surface area contributed by atoms with Crippen LogP contribution in [0.25, 0.3) is 54.5 Å². The van der Waals surface area contributed by atoms with Gasteiger partial charge in [0.05, 0.1) is 62.2 Å². The van der Waals surface area contributed by atoms with Crippen molar-refractivity contribution in [2.75, 3.05) is 27.3 Å². The van der Waals surface area contributed by atoms with Crippen LogP contribution in [0.5, 0.6) is 0 Å². The molecule has 2 aliphatic heterocycles. The molecule has 4 amide bonds. The van der Waals surface area contributed by atoms with E-state index in [9.17, 15) is 19.2 Å². The number of imidazole rings is 2. The van der Waals surface area contributed by atoms with E-state index in [0.29, 0.717) is 24.5 Å². The number of rotatable bonds is 13. The molecule has 20 nitrogen and oxygen atoms in total. The topological polar surface area (TPSA) is 272 Å². The van der Waals surface area contributed by atoms with Gasteiger partial charge >= 0.3 is 12.2 Å². The van der Waals surface area contributed by atoms with Crippen LogP contribution in [-0.4, -0.2) is 105 Å². The van der Waals surface area contributed by atoms with Crippen LogP contribution >= 0.6 is 0 Å². The first kappa shape index (κ1) is 42.6. The SMILES string of the molecule is COC(=O)N[C@H](C(=O)N1CC(N=[N+]=[N-])C[C@H]1c1ncc(-c2ccc(-c3ccc(-c4cnc([C@@H]5CC(N=[N+]=[N-])CN5C(=O)[C@@H](NC(=O)OC)C(C)C)[nH]4)cc3)cc2)[nH]1)C(C)C. The molecule has 4 aromatic rings. The van der Waals surface area contributed by atoms with Crippen molar-refractivity contribution in [3.63, 3.8) is 0 Å². The molecule has 0 saturated carbocycles. The Morgan fingerprint density at radius 3 is 1.33 bits per heavy atom. The highest BCUT2D eigenvalue weighted by Gasteiger charge is 2.42. The second kappa shape index (κ2) is 18.7. The predicted molar refractivity (Wildman–Crippen MR) is 219 cm³/mol. The second-order valence-electron chi connectivity index (χ2n) is 15.4. The number of azide groups is 2. The summed E-state index contributed by atoms with van der Waals surface area (Å²) in [7, 11) is 2.47. The standard InChI is InChI=1S/C40H48N14O6/c1-21(2)33(47-39(57)59-5)37(55)53-19-27(49-51-41)15-31(53)35-43-17-29(45-35)25-11-7-23(8-12-25)24-9-13-26(14-10-24)30-18-44-36(46-30)32-16-28(50-52-42)20-54(32)38(56)34(22(3)4)48-40(58)60-6/h7-14,17-18,21-22,27-28,31-34H,15-16,19-20H2,1-6H3,(H,43,45)(H,44,46)(H,47,57)(H,48,58)/t27?,28?,31-,32-,33-,34-/m0/s1. The lowest BCUT2D eigenvalue weighted by molar-refractivity contribution is -0.136. The van der Waals surface area contributed by atoms with E-state index < -0.39 is 48.4 Å². The normalized spacial score (nSPS) is 19.6.